The van der Waals surface area contributed by atoms with Crippen LogP contribution in [0.15, 0.2) is 18.5 Å². The number of ether oxygens (including phenoxy) is 2. The summed E-state index contributed by atoms with van der Waals surface area (Å²) in [4.78, 5) is 38.9. The lowest BCUT2D eigenvalue weighted by Gasteiger charge is -2.24. The summed E-state index contributed by atoms with van der Waals surface area (Å²) in [6.07, 6.45) is 4.88. The lowest BCUT2D eigenvalue weighted by molar-refractivity contribution is -0.122. The zero-order chi connectivity index (χ0) is 31.8. The lowest BCUT2D eigenvalue weighted by Crippen LogP contribution is -2.41. The molecule has 13 nitrogen and oxygen atoms in total. The summed E-state index contributed by atoms with van der Waals surface area (Å²) in [6, 6.07) is 1.83. The number of rotatable bonds is 15. The maximum Gasteiger partial charge on any atom is 0.410 e. The molecule has 0 saturated carbocycles. The molecule has 13 heteroatoms. The third-order valence-electron chi connectivity index (χ3n) is 5.59. The first-order chi connectivity index (χ1) is 20.4. The highest BCUT2D eigenvalue weighted by molar-refractivity contribution is 6.01. The van der Waals surface area contributed by atoms with Crippen molar-refractivity contribution >= 4 is 41.0 Å². The number of nitrogens with zero attached hydrogens (tertiary/aromatic N) is 4. The molecule has 5 N–H and O–H groups in total. The highest BCUT2D eigenvalue weighted by Gasteiger charge is 2.21. The van der Waals surface area contributed by atoms with Gasteiger partial charge in [-0.2, -0.15) is 4.98 Å². The maximum absolute atomic E-state index is 12.2. The quantitative estimate of drug-likeness (QED) is 0.115. The van der Waals surface area contributed by atoms with Gasteiger partial charge in [0.2, 0.25) is 11.9 Å². The van der Waals surface area contributed by atoms with Gasteiger partial charge in [0.05, 0.1) is 30.3 Å². The number of carbonyl (C=O) groups is 2. The summed E-state index contributed by atoms with van der Waals surface area (Å²) in [6.45, 7) is 11.3. The molecule has 2 rings (SSSR count). The number of unbranched alkanes of at least 4 members (excludes halogenated alkanes) is 1. The molecule has 43 heavy (non-hydrogen) atoms. The van der Waals surface area contributed by atoms with Gasteiger partial charge in [0, 0.05) is 51.5 Å². The van der Waals surface area contributed by atoms with Crippen molar-refractivity contribution in [3.05, 3.63) is 29.6 Å². The Hall–Kier alpha value is -4.44. The molecule has 2 heterocycles. The molecule has 0 spiro atoms. The van der Waals surface area contributed by atoms with Crippen LogP contribution >= 0.6 is 0 Å². The fourth-order valence-corrected chi connectivity index (χ4v) is 3.51. The SMILES string of the molecule is CCCNc1nc(Nc2cnc(NCCOC)c(C(C)=N)c2)ncc1C#CCCCNC(=O)CN(C)C(=O)OC(C)(C)C. The van der Waals surface area contributed by atoms with Gasteiger partial charge in [-0.3, -0.25) is 4.79 Å². The smallest absolute Gasteiger partial charge is 0.410 e. The average Bonchev–Trinajstić information content (AvgIpc) is 2.94. The van der Waals surface area contributed by atoms with E-state index < -0.39 is 11.7 Å². The van der Waals surface area contributed by atoms with Crippen LogP contribution in [0.1, 0.15) is 65.0 Å². The number of hydrogen-bond acceptors (Lipinski definition) is 11. The van der Waals surface area contributed by atoms with E-state index in [1.165, 1.54) is 11.9 Å². The summed E-state index contributed by atoms with van der Waals surface area (Å²) in [5, 5.41) is 20.6. The summed E-state index contributed by atoms with van der Waals surface area (Å²) in [7, 11) is 3.15. The normalized spacial score (nSPS) is 10.7. The Morgan fingerprint density at radius 2 is 1.84 bits per heavy atom. The largest absolute Gasteiger partial charge is 0.444 e. The molecule has 0 saturated heterocycles. The monoisotopic (exact) mass is 595 g/mol. The topological polar surface area (TPSA) is 166 Å². The minimum absolute atomic E-state index is 0.0848. The van der Waals surface area contributed by atoms with Gasteiger partial charge in [-0.15, -0.1) is 0 Å². The summed E-state index contributed by atoms with van der Waals surface area (Å²) in [5.74, 6) is 7.57. The van der Waals surface area contributed by atoms with Crippen molar-refractivity contribution < 1.29 is 19.1 Å². The van der Waals surface area contributed by atoms with E-state index in [1.54, 1.807) is 47.2 Å². The van der Waals surface area contributed by atoms with E-state index in [4.69, 9.17) is 14.9 Å². The number of pyridine rings is 1. The van der Waals surface area contributed by atoms with E-state index in [9.17, 15) is 9.59 Å². The Balaban J connectivity index is 1.97. The van der Waals surface area contributed by atoms with E-state index in [2.05, 4.69) is 55.0 Å². The van der Waals surface area contributed by atoms with E-state index in [0.29, 0.717) is 72.6 Å². The van der Waals surface area contributed by atoms with E-state index in [0.717, 1.165) is 13.0 Å². The third kappa shape index (κ3) is 13.0. The van der Waals surface area contributed by atoms with Crippen molar-refractivity contribution in [3.63, 3.8) is 0 Å². The molecule has 0 fully saturated rings. The summed E-state index contributed by atoms with van der Waals surface area (Å²) < 4.78 is 10.3. The molecule has 0 aromatic carbocycles. The molecule has 0 atom stereocenters. The van der Waals surface area contributed by atoms with E-state index in [1.807, 2.05) is 6.07 Å². The van der Waals surface area contributed by atoms with E-state index in [-0.39, 0.29) is 12.5 Å². The van der Waals surface area contributed by atoms with Crippen molar-refractivity contribution in [1.82, 2.24) is 25.2 Å². The number of likely N-dealkylation sites (N-methyl/N-ethyl adjacent to an activating group) is 1. The molecule has 234 valence electrons. The van der Waals surface area contributed by atoms with Crippen molar-refractivity contribution in [2.75, 3.05) is 62.9 Å². The Morgan fingerprint density at radius 1 is 1.09 bits per heavy atom. The second-order valence-corrected chi connectivity index (χ2v) is 10.8. The number of carbonyl (C=O) groups excluding carboxylic acids is 2. The van der Waals surface area contributed by atoms with Gasteiger partial charge in [-0.1, -0.05) is 18.8 Å². The lowest BCUT2D eigenvalue weighted by atomic mass is 10.1. The zero-order valence-electron chi connectivity index (χ0n) is 26.3. The predicted octanol–water partition coefficient (Wildman–Crippen LogP) is 4.00. The fraction of sp³-hybridized carbons (Fsp3) is 0.533. The van der Waals surface area contributed by atoms with Crippen molar-refractivity contribution in [3.8, 4) is 11.8 Å². The standard InChI is InChI=1S/C30H45N9O4/c1-8-13-33-26-22(12-10-9-11-14-32-25(40)20-39(6)29(41)43-30(3,4)5)18-36-28(38-26)37-23-17-24(21(2)31)27(35-19-23)34-15-16-42-7/h17-19,31H,8-9,11,13-16,20H2,1-7H3,(H,32,40)(H,34,35)(H2,33,36,37,38). The second kappa shape index (κ2) is 17.5. The predicted molar refractivity (Wildman–Crippen MR) is 169 cm³/mol. The minimum Gasteiger partial charge on any atom is -0.444 e. The fourth-order valence-electron chi connectivity index (χ4n) is 3.51. The first-order valence-corrected chi connectivity index (χ1v) is 14.3. The molecule has 0 unspecified atom stereocenters. The second-order valence-electron chi connectivity index (χ2n) is 10.8. The maximum atomic E-state index is 12.2. The number of methoxy groups -OCH3 is 1. The highest BCUT2D eigenvalue weighted by atomic mass is 16.6. The van der Waals surface area contributed by atoms with Crippen LogP contribution < -0.4 is 21.3 Å². The molecular weight excluding hydrogens is 550 g/mol. The highest BCUT2D eigenvalue weighted by Crippen LogP contribution is 2.21. The molecule has 2 amide bonds. The van der Waals surface area contributed by atoms with Crippen LogP contribution in [0.5, 0.6) is 0 Å². The van der Waals surface area contributed by atoms with Crippen LogP contribution in [0.4, 0.5) is 28.1 Å². The minimum atomic E-state index is -0.620. The van der Waals surface area contributed by atoms with Crippen LogP contribution in [-0.4, -0.2) is 90.1 Å². The molecule has 0 radical (unpaired) electrons. The Labute approximate surface area is 254 Å². The average molecular weight is 596 g/mol. The van der Waals surface area contributed by atoms with Gasteiger partial charge in [0.1, 0.15) is 23.8 Å². The summed E-state index contributed by atoms with van der Waals surface area (Å²) >= 11 is 0. The van der Waals surface area contributed by atoms with Gasteiger partial charge in [0.15, 0.2) is 0 Å². The molecular formula is C30H45N9O4. The van der Waals surface area contributed by atoms with Gasteiger partial charge < -0.3 is 41.1 Å². The molecule has 2 aromatic heterocycles. The molecule has 2 aromatic rings. The van der Waals surface area contributed by atoms with Gasteiger partial charge in [-0.25, -0.2) is 14.8 Å². The third-order valence-corrected chi connectivity index (χ3v) is 5.59. The van der Waals surface area contributed by atoms with Gasteiger partial charge in [0.25, 0.3) is 0 Å². The van der Waals surface area contributed by atoms with Crippen LogP contribution in [0.2, 0.25) is 0 Å². The van der Waals surface area contributed by atoms with Gasteiger partial charge >= 0.3 is 6.09 Å². The molecule has 0 aliphatic rings. The number of anilines is 4. The zero-order valence-corrected chi connectivity index (χ0v) is 26.3. The van der Waals surface area contributed by atoms with Crippen molar-refractivity contribution in [1.29, 1.82) is 5.41 Å². The number of hydrogen-bond donors (Lipinski definition) is 5. The number of aromatic nitrogens is 3. The van der Waals surface area contributed by atoms with Crippen molar-refractivity contribution in [2.45, 2.75) is 59.5 Å². The van der Waals surface area contributed by atoms with Crippen molar-refractivity contribution in [2.24, 2.45) is 0 Å². The van der Waals surface area contributed by atoms with Crippen LogP contribution in [0.3, 0.4) is 0 Å². The van der Waals surface area contributed by atoms with Crippen LogP contribution in [0, 0.1) is 17.3 Å². The Kier molecular flexibility index (Phi) is 14.1. The Bertz CT molecular complexity index is 1300. The molecule has 0 bridgehead atoms. The van der Waals surface area contributed by atoms with Crippen LogP contribution in [0.25, 0.3) is 0 Å². The first-order valence-electron chi connectivity index (χ1n) is 14.3. The molecule has 0 aliphatic carbocycles. The number of nitrogens with one attached hydrogen (secondary N) is 5. The van der Waals surface area contributed by atoms with Crippen LogP contribution in [-0.2, 0) is 14.3 Å². The Morgan fingerprint density at radius 3 is 2.51 bits per heavy atom. The molecule has 0 aliphatic heterocycles. The first kappa shape index (κ1) is 34.8. The van der Waals surface area contributed by atoms with E-state index >= 15 is 0 Å². The van der Waals surface area contributed by atoms with Gasteiger partial charge in [-0.05, 0) is 46.6 Å². The summed E-state index contributed by atoms with van der Waals surface area (Å²) in [5.41, 5.74) is 1.73. The number of amides is 2.